The predicted molar refractivity (Wildman–Crippen MR) is 94.0 cm³/mol. The molecule has 0 aliphatic carbocycles. The van der Waals surface area contributed by atoms with Gasteiger partial charge in [-0.15, -0.1) is 0 Å². The van der Waals surface area contributed by atoms with Crippen LogP contribution in [0.5, 0.6) is 0 Å². The minimum Gasteiger partial charge on any atom is -0.452 e. The standard InChI is InChI=1S/C15H24N6O6/c1-10(2)7-26-18-13(21(14(22)24-5)15(23)25-6)12(19-27-11(3)4)20-9-16-8-17-20/h8-11H,7H2,1-6H3. The highest BCUT2D eigenvalue weighted by Gasteiger charge is 2.35. The second-order valence-corrected chi connectivity index (χ2v) is 5.79. The third-order valence-electron chi connectivity index (χ3n) is 2.67. The zero-order valence-electron chi connectivity index (χ0n) is 16.1. The molecule has 1 aromatic rings. The van der Waals surface area contributed by atoms with E-state index < -0.39 is 12.2 Å². The normalized spacial score (nSPS) is 12.1. The van der Waals surface area contributed by atoms with Crippen LogP contribution in [0.3, 0.4) is 0 Å². The average molecular weight is 384 g/mol. The number of ether oxygens (including phenoxy) is 2. The Labute approximate surface area is 156 Å². The highest BCUT2D eigenvalue weighted by molar-refractivity contribution is 6.45. The van der Waals surface area contributed by atoms with Gasteiger partial charge in [0.05, 0.1) is 14.2 Å². The van der Waals surface area contributed by atoms with Crippen LogP contribution in [-0.2, 0) is 19.1 Å². The Balaban J connectivity index is 3.48. The van der Waals surface area contributed by atoms with Gasteiger partial charge in [-0.2, -0.15) is 14.7 Å². The monoisotopic (exact) mass is 384 g/mol. The van der Waals surface area contributed by atoms with Crippen LogP contribution < -0.4 is 0 Å². The Hall–Kier alpha value is -3.18. The maximum Gasteiger partial charge on any atom is 0.425 e. The fourth-order valence-corrected chi connectivity index (χ4v) is 1.52. The first-order valence-electron chi connectivity index (χ1n) is 8.06. The Kier molecular flexibility index (Phi) is 8.69. The second-order valence-electron chi connectivity index (χ2n) is 5.79. The van der Waals surface area contributed by atoms with Crippen molar-refractivity contribution in [1.29, 1.82) is 0 Å². The summed E-state index contributed by atoms with van der Waals surface area (Å²) in [7, 11) is 2.20. The molecule has 0 spiro atoms. The maximum absolute atomic E-state index is 12.2. The summed E-state index contributed by atoms with van der Waals surface area (Å²) in [6.07, 6.45) is 0.0917. The summed E-state index contributed by atoms with van der Waals surface area (Å²) in [5.41, 5.74) is 0. The molecule has 0 aromatic carbocycles. The van der Waals surface area contributed by atoms with Crippen molar-refractivity contribution in [3.63, 3.8) is 0 Å². The molecule has 0 N–H and O–H groups in total. The lowest BCUT2D eigenvalue weighted by molar-refractivity contribution is 0.0844. The van der Waals surface area contributed by atoms with Crippen LogP contribution >= 0.6 is 0 Å². The van der Waals surface area contributed by atoms with Gasteiger partial charge in [-0.1, -0.05) is 24.2 Å². The SMILES string of the molecule is COC(=O)N(C(=O)OC)C(=NOCC(C)C)C(=NOC(C)C)n1cncn1. The molecule has 1 aromatic heterocycles. The maximum atomic E-state index is 12.2. The van der Waals surface area contributed by atoms with Crippen LogP contribution in [0.25, 0.3) is 0 Å². The molecular formula is C15H24N6O6. The third kappa shape index (κ3) is 6.56. The zero-order chi connectivity index (χ0) is 20.4. The highest BCUT2D eigenvalue weighted by Crippen LogP contribution is 2.07. The first-order chi connectivity index (χ1) is 12.8. The minimum atomic E-state index is -1.06. The molecule has 0 saturated heterocycles. The Morgan fingerprint density at radius 3 is 2.19 bits per heavy atom. The third-order valence-corrected chi connectivity index (χ3v) is 2.67. The molecule has 2 amide bonds. The summed E-state index contributed by atoms with van der Waals surface area (Å²) in [5, 5.41) is 11.7. The molecule has 0 radical (unpaired) electrons. The second kappa shape index (κ2) is 10.7. The topological polar surface area (TPSA) is 130 Å². The first-order valence-corrected chi connectivity index (χ1v) is 8.06. The van der Waals surface area contributed by atoms with E-state index >= 15 is 0 Å². The van der Waals surface area contributed by atoms with Crippen LogP contribution in [0, 0.1) is 5.92 Å². The molecule has 0 aliphatic rings. The fraction of sp³-hybridized carbons (Fsp3) is 0.600. The van der Waals surface area contributed by atoms with Crippen LogP contribution in [0.1, 0.15) is 27.7 Å². The van der Waals surface area contributed by atoms with Crippen LogP contribution in [-0.4, -0.2) is 70.5 Å². The highest BCUT2D eigenvalue weighted by atomic mass is 16.6. The number of imide groups is 1. The number of hydrogen-bond acceptors (Lipinski definition) is 10. The number of oxime groups is 2. The van der Waals surface area contributed by atoms with Crippen molar-refractivity contribution in [3.05, 3.63) is 12.7 Å². The molecule has 12 heteroatoms. The number of rotatable bonds is 5. The first kappa shape index (κ1) is 21.9. The molecule has 0 saturated carbocycles. The molecule has 1 rings (SSSR count). The average Bonchev–Trinajstić information content (AvgIpc) is 3.14. The van der Waals surface area contributed by atoms with Crippen LogP contribution in [0.4, 0.5) is 9.59 Å². The molecular weight excluding hydrogens is 360 g/mol. The van der Waals surface area contributed by atoms with Crippen molar-refractivity contribution in [1.82, 2.24) is 19.7 Å². The lowest BCUT2D eigenvalue weighted by Crippen LogP contribution is -2.47. The van der Waals surface area contributed by atoms with E-state index in [4.69, 9.17) is 9.68 Å². The Bertz CT molecular complexity index is 654. The van der Waals surface area contributed by atoms with E-state index in [2.05, 4.69) is 29.9 Å². The van der Waals surface area contributed by atoms with Gasteiger partial charge in [-0.3, -0.25) is 0 Å². The van der Waals surface area contributed by atoms with Gasteiger partial charge in [0.1, 0.15) is 25.4 Å². The van der Waals surface area contributed by atoms with Gasteiger partial charge in [-0.05, 0) is 19.8 Å². The lowest BCUT2D eigenvalue weighted by atomic mass is 10.2. The largest absolute Gasteiger partial charge is 0.452 e. The number of amides is 2. The van der Waals surface area contributed by atoms with E-state index in [1.54, 1.807) is 13.8 Å². The smallest absolute Gasteiger partial charge is 0.425 e. The van der Waals surface area contributed by atoms with Gasteiger partial charge in [-0.25, -0.2) is 14.6 Å². The molecule has 12 nitrogen and oxygen atoms in total. The van der Waals surface area contributed by atoms with Crippen molar-refractivity contribution < 1.29 is 28.7 Å². The van der Waals surface area contributed by atoms with Gasteiger partial charge >= 0.3 is 12.2 Å². The van der Waals surface area contributed by atoms with E-state index in [0.29, 0.717) is 4.90 Å². The molecule has 0 atom stereocenters. The van der Waals surface area contributed by atoms with Crippen molar-refractivity contribution in [2.75, 3.05) is 20.8 Å². The molecule has 0 fully saturated rings. The minimum absolute atomic E-state index is 0.137. The number of hydrogen-bond donors (Lipinski definition) is 0. The summed E-state index contributed by atoms with van der Waals surface area (Å²) in [5.74, 6) is -0.348. The zero-order valence-corrected chi connectivity index (χ0v) is 16.1. The van der Waals surface area contributed by atoms with Gasteiger partial charge in [0, 0.05) is 0 Å². The summed E-state index contributed by atoms with van der Waals surface area (Å²) < 4.78 is 10.4. The molecule has 27 heavy (non-hydrogen) atoms. The number of amidine groups is 1. The van der Waals surface area contributed by atoms with Crippen LogP contribution in [0.15, 0.2) is 23.0 Å². The van der Waals surface area contributed by atoms with E-state index in [0.717, 1.165) is 18.9 Å². The molecule has 0 aliphatic heterocycles. The number of methoxy groups -OCH3 is 2. The van der Waals surface area contributed by atoms with Crippen molar-refractivity contribution in [2.45, 2.75) is 33.8 Å². The summed E-state index contributed by atoms with van der Waals surface area (Å²) in [6, 6.07) is 0. The predicted octanol–water partition coefficient (Wildman–Crippen LogP) is 1.69. The van der Waals surface area contributed by atoms with Gasteiger partial charge in [0.2, 0.25) is 11.7 Å². The van der Waals surface area contributed by atoms with E-state index in [9.17, 15) is 9.59 Å². The van der Waals surface area contributed by atoms with E-state index in [1.165, 1.54) is 12.7 Å². The molecule has 0 unspecified atom stereocenters. The van der Waals surface area contributed by atoms with Gasteiger partial charge in [0.15, 0.2) is 0 Å². The van der Waals surface area contributed by atoms with Gasteiger partial charge in [0.25, 0.3) is 0 Å². The van der Waals surface area contributed by atoms with E-state index in [1.807, 2.05) is 13.8 Å². The molecule has 1 heterocycles. The quantitative estimate of drug-likeness (QED) is 0.426. The van der Waals surface area contributed by atoms with E-state index in [-0.39, 0.29) is 30.3 Å². The fourth-order valence-electron chi connectivity index (χ4n) is 1.52. The van der Waals surface area contributed by atoms with Crippen molar-refractivity contribution in [2.24, 2.45) is 16.2 Å². The molecule has 0 bridgehead atoms. The Morgan fingerprint density at radius 1 is 1.11 bits per heavy atom. The van der Waals surface area contributed by atoms with Crippen molar-refractivity contribution in [3.8, 4) is 0 Å². The Morgan fingerprint density at radius 2 is 1.74 bits per heavy atom. The van der Waals surface area contributed by atoms with Gasteiger partial charge < -0.3 is 19.1 Å². The lowest BCUT2D eigenvalue weighted by Gasteiger charge is -2.20. The molecule has 150 valence electrons. The van der Waals surface area contributed by atoms with Crippen LogP contribution in [0.2, 0.25) is 0 Å². The summed E-state index contributed by atoms with van der Waals surface area (Å²) in [4.78, 5) is 39.2. The number of aromatic nitrogens is 3. The summed E-state index contributed by atoms with van der Waals surface area (Å²) in [6.45, 7) is 7.51. The summed E-state index contributed by atoms with van der Waals surface area (Å²) >= 11 is 0. The number of nitrogens with zero attached hydrogens (tertiary/aromatic N) is 6. The number of carbonyl (C=O) groups is 2. The van der Waals surface area contributed by atoms with Crippen molar-refractivity contribution >= 4 is 23.9 Å². The number of carbonyl (C=O) groups excluding carboxylic acids is 2.